The summed E-state index contributed by atoms with van der Waals surface area (Å²) < 4.78 is 42.8. The van der Waals surface area contributed by atoms with Crippen LogP contribution in [0.4, 0.5) is 36.3 Å². The number of anilines is 4. The normalized spacial score (nSPS) is 28.0. The van der Waals surface area contributed by atoms with Crippen LogP contribution in [0, 0.1) is 79.7 Å². The molecular weight excluding hydrogens is 1190 g/mol. The average Bonchev–Trinajstić information content (AvgIpc) is 1.87. The molecule has 13 nitrogen and oxygen atoms in total. The van der Waals surface area contributed by atoms with Gasteiger partial charge in [0, 0.05) is 172 Å². The number of methoxy groups -OCH3 is 2. The number of hydrogen-bond acceptors (Lipinski definition) is 12. The highest BCUT2D eigenvalue weighted by molar-refractivity contribution is 6.31. The van der Waals surface area contributed by atoms with Crippen molar-refractivity contribution in [2.45, 2.75) is 110 Å². The van der Waals surface area contributed by atoms with Crippen molar-refractivity contribution in [3.8, 4) is 11.5 Å². The first kappa shape index (κ1) is 67.4. The van der Waals surface area contributed by atoms with Crippen molar-refractivity contribution < 1.29 is 27.8 Å². The lowest BCUT2D eigenvalue weighted by atomic mass is 9.80. The molecule has 5 aliphatic heterocycles. The predicted octanol–water partition coefficient (Wildman–Crippen LogP) is 13.7. The van der Waals surface area contributed by atoms with E-state index in [-0.39, 0.29) is 6.09 Å². The van der Waals surface area contributed by atoms with E-state index in [0.717, 1.165) is 161 Å². The van der Waals surface area contributed by atoms with Crippen molar-refractivity contribution in [1.82, 2.24) is 24.5 Å². The van der Waals surface area contributed by atoms with Crippen molar-refractivity contribution in [2.24, 2.45) is 47.3 Å². The van der Waals surface area contributed by atoms with E-state index < -0.39 is 11.6 Å². The molecule has 16 heteroatoms. The fraction of sp³-hybridized carbons (Fsp3) is 0.623. The number of para-hydroxylation sites is 1. The van der Waals surface area contributed by atoms with Crippen LogP contribution in [-0.4, -0.2) is 194 Å². The Balaban J connectivity index is 0.000000120. The second-order valence-corrected chi connectivity index (χ2v) is 29.5. The number of amides is 1. The fourth-order valence-corrected chi connectivity index (χ4v) is 18.2. The predicted molar refractivity (Wildman–Crippen MR) is 376 cm³/mol. The van der Waals surface area contributed by atoms with Crippen molar-refractivity contribution in [3.05, 3.63) is 130 Å². The highest BCUT2D eigenvalue weighted by Gasteiger charge is 2.41. The molecule has 506 valence electrons. The van der Waals surface area contributed by atoms with E-state index in [2.05, 4.69) is 127 Å². The van der Waals surface area contributed by atoms with E-state index in [1.807, 2.05) is 30.0 Å². The average molecular weight is 1300 g/mol. The lowest BCUT2D eigenvalue weighted by Gasteiger charge is -2.43. The largest absolute Gasteiger partial charge is 0.495 e. The van der Waals surface area contributed by atoms with Gasteiger partial charge in [0.05, 0.1) is 32.2 Å². The molecule has 6 aliphatic carbocycles. The number of aryl methyl sites for hydroxylation is 3. The summed E-state index contributed by atoms with van der Waals surface area (Å²) in [6.07, 6.45) is 24.6. The smallest absolute Gasteiger partial charge is 0.409 e. The van der Waals surface area contributed by atoms with Crippen LogP contribution in [0.5, 0.6) is 11.5 Å². The van der Waals surface area contributed by atoms with Crippen LogP contribution in [0.15, 0.2) is 97.1 Å². The highest BCUT2D eigenvalue weighted by Crippen LogP contribution is 2.47. The van der Waals surface area contributed by atoms with Crippen LogP contribution < -0.4 is 29.1 Å². The van der Waals surface area contributed by atoms with E-state index >= 15 is 0 Å². The molecule has 5 heterocycles. The molecule has 0 spiro atoms. The van der Waals surface area contributed by atoms with Crippen molar-refractivity contribution in [1.29, 1.82) is 0 Å². The van der Waals surface area contributed by atoms with Gasteiger partial charge >= 0.3 is 6.09 Å². The zero-order valence-corrected chi connectivity index (χ0v) is 57.7. The minimum Gasteiger partial charge on any atom is -0.495 e. The third kappa shape index (κ3) is 16.6. The Morgan fingerprint density at radius 2 is 1.06 bits per heavy atom. The van der Waals surface area contributed by atoms with Crippen molar-refractivity contribution in [3.63, 3.8) is 0 Å². The molecule has 8 atom stereocenters. The van der Waals surface area contributed by atoms with Gasteiger partial charge in [0.2, 0.25) is 0 Å². The van der Waals surface area contributed by atoms with E-state index in [1.165, 1.54) is 152 Å². The molecule has 4 bridgehead atoms. The van der Waals surface area contributed by atoms with Crippen LogP contribution in [0.25, 0.3) is 0 Å². The van der Waals surface area contributed by atoms with Crippen LogP contribution in [0.2, 0.25) is 5.02 Å². The number of carbonyl (C=O) groups is 1. The van der Waals surface area contributed by atoms with Gasteiger partial charge in [0.1, 0.15) is 11.5 Å². The topological polar surface area (TPSA) is 73.9 Å². The number of allylic oxidation sites excluding steroid dienone is 4. The number of hydrogen-bond donors (Lipinski definition) is 0. The lowest BCUT2D eigenvalue weighted by molar-refractivity contribution is 0.0729. The van der Waals surface area contributed by atoms with Gasteiger partial charge in [0.25, 0.3) is 0 Å². The maximum absolute atomic E-state index is 13.6. The fourth-order valence-electron chi connectivity index (χ4n) is 18.0. The third-order valence-electron chi connectivity index (χ3n) is 23.4. The van der Waals surface area contributed by atoms with Crippen LogP contribution >= 0.6 is 11.6 Å². The first-order valence-electron chi connectivity index (χ1n) is 36.0. The van der Waals surface area contributed by atoms with Gasteiger partial charge in [-0.05, 0) is 180 Å². The number of ether oxygens (including phenoxy) is 3. The Bertz CT molecular complexity index is 3140. The number of nitrogens with zero attached hydrogens (tertiary/aromatic N) is 9. The Morgan fingerprint density at radius 1 is 0.495 bits per heavy atom. The monoisotopic (exact) mass is 1300 g/mol. The van der Waals surface area contributed by atoms with Gasteiger partial charge in [-0.15, -0.1) is 0 Å². The minimum atomic E-state index is -0.862. The number of fused-ring (bicyclic) bond motifs is 5. The van der Waals surface area contributed by atoms with Crippen LogP contribution in [0.1, 0.15) is 94.2 Å². The van der Waals surface area contributed by atoms with Gasteiger partial charge in [-0.1, -0.05) is 79.1 Å². The van der Waals surface area contributed by atoms with Gasteiger partial charge in [-0.25, -0.2) is 13.6 Å². The molecule has 8 unspecified atom stereocenters. The summed E-state index contributed by atoms with van der Waals surface area (Å²) in [5.74, 6) is 6.87. The highest BCUT2D eigenvalue weighted by atomic mass is 35.5. The molecule has 4 saturated carbocycles. The van der Waals surface area contributed by atoms with Crippen LogP contribution in [-0.2, 0) is 4.74 Å². The summed E-state index contributed by atoms with van der Waals surface area (Å²) >= 11 is 6.17. The molecule has 93 heavy (non-hydrogen) atoms. The van der Waals surface area contributed by atoms with Crippen molar-refractivity contribution >= 4 is 40.4 Å². The number of carbonyl (C=O) groups excluding carboxylic acids is 1. The molecule has 9 fully saturated rings. The first-order chi connectivity index (χ1) is 45.2. The maximum atomic E-state index is 13.6. The number of piperidine rings is 1. The summed E-state index contributed by atoms with van der Waals surface area (Å²) in [6.45, 7) is 30.3. The summed E-state index contributed by atoms with van der Waals surface area (Å²) in [6, 6.07) is 25.3. The number of halogens is 3. The molecule has 0 aromatic heterocycles. The SMILES string of the molecule is CCOC(=O)N1CCC(N2CCN(c3cc(Cl)ccc3OC)CC2)CC1.COc1cc(F)c(F)cc1N1CCN(CC2CCC3C=CC32)CC1.Cc1ccc(C)c(N2CCN(C3CC4CCC(C4)C3)CC2)c1.Cc1ccccc1N1CCN(CC2CC3C=CC2C3)CC1. The summed E-state index contributed by atoms with van der Waals surface area (Å²) in [7, 11) is 3.19. The Morgan fingerprint density at radius 3 is 1.65 bits per heavy atom. The summed E-state index contributed by atoms with van der Waals surface area (Å²) in [5.41, 5.74) is 8.82. The second-order valence-electron chi connectivity index (χ2n) is 29.0. The van der Waals surface area contributed by atoms with Gasteiger partial charge in [-0.3, -0.25) is 19.6 Å². The van der Waals surface area contributed by atoms with Gasteiger partial charge < -0.3 is 38.7 Å². The Labute approximate surface area is 560 Å². The zero-order chi connectivity index (χ0) is 64.5. The number of likely N-dealkylation sites (tertiary alicyclic amines) is 1. The molecule has 11 aliphatic rings. The molecule has 4 aromatic carbocycles. The molecule has 5 saturated heterocycles. The summed E-state index contributed by atoms with van der Waals surface area (Å²) in [5, 5.41) is 0.731. The first-order valence-corrected chi connectivity index (χ1v) is 36.3. The Hall–Kier alpha value is -5.58. The number of benzene rings is 4. The van der Waals surface area contributed by atoms with Gasteiger partial charge in [0.15, 0.2) is 11.6 Å². The number of piperazine rings is 4. The Kier molecular flexibility index (Phi) is 22.9. The molecule has 0 N–H and O–H groups in total. The van der Waals surface area contributed by atoms with Crippen LogP contribution in [0.3, 0.4) is 0 Å². The standard InChI is InChI=1S/C20H30N2.C19H28ClN3O3.C19H24F2N2O.C19H26N2/c1-15-3-4-16(2)20(11-15)22-9-7-21(8-10-22)19-13-17-5-6-18(12-17)14-19;1-3-26-19(24)23-8-6-16(7-9-23)21-10-12-22(13-11-21)17-14-15(20)4-5-18(17)25-2;1-24-19-11-17(21)16(20)10-18(19)23-8-6-22(7-9-23)12-14-3-2-13-4-5-15(13)14;1-15-4-2-3-5-19(15)21-10-8-20(9-11-21)14-18-13-16-6-7-17(18)12-16/h3-4,11,17-19H,5-10,12-14H2,1-2H3;4-5,14,16H,3,6-13H2,1-2H3;4-5,10-11,13-15H,2-3,6-9,12H2,1H3;2-7,16-18H,8-14H2,1H3. The second kappa shape index (κ2) is 31.5. The van der Waals surface area contributed by atoms with E-state index in [9.17, 15) is 13.6 Å². The zero-order valence-electron chi connectivity index (χ0n) is 56.9. The van der Waals surface area contributed by atoms with E-state index in [4.69, 9.17) is 25.8 Å². The summed E-state index contributed by atoms with van der Waals surface area (Å²) in [4.78, 5) is 33.8. The maximum Gasteiger partial charge on any atom is 0.409 e. The van der Waals surface area contributed by atoms with E-state index in [0.29, 0.717) is 24.1 Å². The van der Waals surface area contributed by atoms with Gasteiger partial charge in [-0.2, -0.15) is 0 Å². The molecule has 1 amide bonds. The third-order valence-corrected chi connectivity index (χ3v) is 23.6. The molecular formula is C77H108ClF2N9O4. The quantitative estimate of drug-likeness (QED) is 0.120. The molecule has 15 rings (SSSR count). The minimum absolute atomic E-state index is 0.177. The van der Waals surface area contributed by atoms with Crippen molar-refractivity contribution in [2.75, 3.05) is 171 Å². The molecule has 4 aromatic rings. The molecule has 0 radical (unpaired) electrons. The number of rotatable bonds is 13. The van der Waals surface area contributed by atoms with E-state index in [1.54, 1.807) is 13.5 Å². The lowest BCUT2D eigenvalue weighted by Crippen LogP contribution is -2.53.